The average Bonchev–Trinajstić information content (AvgIpc) is 2.17. The van der Waals surface area contributed by atoms with Crippen molar-refractivity contribution in [2.45, 2.75) is 40.5 Å². The number of hydrogen-bond acceptors (Lipinski definition) is 3. The SMILES string of the molecule is CCCS(=O)(=O)CCC(CNCC)C(C)C. The fourth-order valence-electron chi connectivity index (χ4n) is 1.74. The van der Waals surface area contributed by atoms with E-state index in [2.05, 4.69) is 26.1 Å². The molecule has 1 N–H and O–H groups in total. The number of hydrogen-bond donors (Lipinski definition) is 1. The monoisotopic (exact) mass is 249 g/mol. The third kappa shape index (κ3) is 7.23. The Morgan fingerprint density at radius 3 is 2.19 bits per heavy atom. The van der Waals surface area contributed by atoms with Crippen LogP contribution in [-0.2, 0) is 9.84 Å². The highest BCUT2D eigenvalue weighted by Crippen LogP contribution is 2.15. The summed E-state index contributed by atoms with van der Waals surface area (Å²) < 4.78 is 23.2. The van der Waals surface area contributed by atoms with Crippen molar-refractivity contribution in [3.63, 3.8) is 0 Å². The van der Waals surface area contributed by atoms with E-state index in [-0.39, 0.29) is 0 Å². The van der Waals surface area contributed by atoms with Crippen LogP contribution in [0.2, 0.25) is 0 Å². The summed E-state index contributed by atoms with van der Waals surface area (Å²) in [5, 5.41) is 3.30. The molecular weight excluding hydrogens is 222 g/mol. The van der Waals surface area contributed by atoms with Gasteiger partial charge in [0.25, 0.3) is 0 Å². The molecule has 4 heteroatoms. The second kappa shape index (κ2) is 8.07. The summed E-state index contributed by atoms with van der Waals surface area (Å²) >= 11 is 0. The molecule has 0 spiro atoms. The molecule has 0 aromatic rings. The fraction of sp³-hybridized carbons (Fsp3) is 1.00. The second-order valence-corrected chi connectivity index (χ2v) is 7.06. The minimum atomic E-state index is -2.81. The van der Waals surface area contributed by atoms with Crippen LogP contribution in [0, 0.1) is 11.8 Å². The quantitative estimate of drug-likeness (QED) is 0.680. The van der Waals surface area contributed by atoms with Gasteiger partial charge in [0.15, 0.2) is 0 Å². The summed E-state index contributed by atoms with van der Waals surface area (Å²) in [5.41, 5.74) is 0. The van der Waals surface area contributed by atoms with E-state index in [0.29, 0.717) is 23.3 Å². The lowest BCUT2D eigenvalue weighted by atomic mass is 9.93. The van der Waals surface area contributed by atoms with E-state index in [1.165, 1.54) is 0 Å². The van der Waals surface area contributed by atoms with Crippen molar-refractivity contribution in [1.29, 1.82) is 0 Å². The van der Waals surface area contributed by atoms with Crippen molar-refractivity contribution in [3.05, 3.63) is 0 Å². The van der Waals surface area contributed by atoms with E-state index in [4.69, 9.17) is 0 Å². The van der Waals surface area contributed by atoms with Gasteiger partial charge in [0, 0.05) is 5.75 Å². The summed E-state index contributed by atoms with van der Waals surface area (Å²) in [5.74, 6) is 1.68. The zero-order valence-electron chi connectivity index (χ0n) is 11.1. The van der Waals surface area contributed by atoms with Gasteiger partial charge in [-0.3, -0.25) is 0 Å². The van der Waals surface area contributed by atoms with Crippen LogP contribution in [0.1, 0.15) is 40.5 Å². The summed E-state index contributed by atoms with van der Waals surface area (Å²) in [7, 11) is -2.81. The van der Waals surface area contributed by atoms with Gasteiger partial charge in [-0.15, -0.1) is 0 Å². The first-order chi connectivity index (χ1) is 7.43. The molecule has 0 aromatic heterocycles. The van der Waals surface area contributed by atoms with Crippen molar-refractivity contribution in [1.82, 2.24) is 5.32 Å². The van der Waals surface area contributed by atoms with Crippen LogP contribution >= 0.6 is 0 Å². The van der Waals surface area contributed by atoms with Gasteiger partial charge in [-0.05, 0) is 37.8 Å². The zero-order valence-corrected chi connectivity index (χ0v) is 11.9. The highest BCUT2D eigenvalue weighted by Gasteiger charge is 2.17. The molecule has 0 aliphatic rings. The van der Waals surface area contributed by atoms with Gasteiger partial charge < -0.3 is 5.32 Å². The Labute approximate surface area is 101 Å². The van der Waals surface area contributed by atoms with E-state index >= 15 is 0 Å². The van der Waals surface area contributed by atoms with Crippen LogP contribution in [0.15, 0.2) is 0 Å². The van der Waals surface area contributed by atoms with Crippen molar-refractivity contribution in [3.8, 4) is 0 Å². The Morgan fingerprint density at radius 1 is 1.12 bits per heavy atom. The molecule has 0 heterocycles. The van der Waals surface area contributed by atoms with Crippen LogP contribution in [-0.4, -0.2) is 33.0 Å². The Hall–Kier alpha value is -0.0900. The number of sulfone groups is 1. The third-order valence-corrected chi connectivity index (χ3v) is 4.80. The van der Waals surface area contributed by atoms with E-state index in [0.717, 1.165) is 25.9 Å². The van der Waals surface area contributed by atoms with Gasteiger partial charge in [0.2, 0.25) is 0 Å². The molecule has 0 rings (SSSR count). The van der Waals surface area contributed by atoms with Gasteiger partial charge in [-0.2, -0.15) is 0 Å². The lowest BCUT2D eigenvalue weighted by Crippen LogP contribution is -2.28. The molecule has 0 saturated heterocycles. The first-order valence-electron chi connectivity index (χ1n) is 6.34. The lowest BCUT2D eigenvalue weighted by molar-refractivity contribution is 0.356. The van der Waals surface area contributed by atoms with E-state index < -0.39 is 9.84 Å². The largest absolute Gasteiger partial charge is 0.317 e. The highest BCUT2D eigenvalue weighted by molar-refractivity contribution is 7.91. The highest BCUT2D eigenvalue weighted by atomic mass is 32.2. The van der Waals surface area contributed by atoms with Crippen molar-refractivity contribution in [2.24, 2.45) is 11.8 Å². The smallest absolute Gasteiger partial charge is 0.150 e. The minimum absolute atomic E-state index is 0.332. The molecular formula is C12H27NO2S. The molecule has 98 valence electrons. The van der Waals surface area contributed by atoms with Crippen molar-refractivity contribution in [2.75, 3.05) is 24.6 Å². The van der Waals surface area contributed by atoms with Gasteiger partial charge in [0.1, 0.15) is 9.84 Å². The van der Waals surface area contributed by atoms with Crippen LogP contribution in [0.3, 0.4) is 0 Å². The molecule has 0 aliphatic heterocycles. The maximum absolute atomic E-state index is 11.6. The Kier molecular flexibility index (Phi) is 8.02. The minimum Gasteiger partial charge on any atom is -0.317 e. The summed E-state index contributed by atoms with van der Waals surface area (Å²) in [6, 6.07) is 0. The molecule has 0 aromatic carbocycles. The maximum Gasteiger partial charge on any atom is 0.150 e. The Bertz CT molecular complexity index is 260. The second-order valence-electron chi connectivity index (χ2n) is 4.75. The van der Waals surface area contributed by atoms with E-state index in [9.17, 15) is 8.42 Å². The Balaban J connectivity index is 4.11. The molecule has 0 amide bonds. The first-order valence-corrected chi connectivity index (χ1v) is 8.16. The Morgan fingerprint density at radius 2 is 1.75 bits per heavy atom. The van der Waals surface area contributed by atoms with E-state index in [1.807, 2.05) is 6.92 Å². The van der Waals surface area contributed by atoms with Gasteiger partial charge >= 0.3 is 0 Å². The molecule has 1 atom stereocenters. The normalized spacial score (nSPS) is 14.3. The molecule has 1 unspecified atom stereocenters. The van der Waals surface area contributed by atoms with E-state index in [1.54, 1.807) is 0 Å². The topological polar surface area (TPSA) is 46.2 Å². The van der Waals surface area contributed by atoms with Gasteiger partial charge in [0.05, 0.1) is 5.75 Å². The predicted molar refractivity (Wildman–Crippen MR) is 70.4 cm³/mol. The molecule has 0 aliphatic carbocycles. The molecule has 0 bridgehead atoms. The molecule has 16 heavy (non-hydrogen) atoms. The number of nitrogens with one attached hydrogen (secondary N) is 1. The fourth-order valence-corrected chi connectivity index (χ4v) is 3.23. The lowest BCUT2D eigenvalue weighted by Gasteiger charge is -2.20. The van der Waals surface area contributed by atoms with Gasteiger partial charge in [-0.1, -0.05) is 27.7 Å². The van der Waals surface area contributed by atoms with Crippen molar-refractivity contribution < 1.29 is 8.42 Å². The molecule has 0 saturated carbocycles. The molecule has 0 fully saturated rings. The average molecular weight is 249 g/mol. The predicted octanol–water partition coefficient (Wildman–Crippen LogP) is 2.08. The van der Waals surface area contributed by atoms with Crippen LogP contribution < -0.4 is 5.32 Å². The van der Waals surface area contributed by atoms with Crippen LogP contribution in [0.25, 0.3) is 0 Å². The third-order valence-electron chi connectivity index (χ3n) is 2.91. The maximum atomic E-state index is 11.6. The van der Waals surface area contributed by atoms with Crippen LogP contribution in [0.4, 0.5) is 0 Å². The summed E-state index contributed by atoms with van der Waals surface area (Å²) in [4.78, 5) is 0. The summed E-state index contributed by atoms with van der Waals surface area (Å²) in [6.45, 7) is 10.2. The number of rotatable bonds is 9. The molecule has 0 radical (unpaired) electrons. The zero-order chi connectivity index (χ0) is 12.6. The standard InChI is InChI=1S/C12H27NO2S/c1-5-8-16(14,15)9-7-12(11(3)4)10-13-6-2/h11-13H,5-10H2,1-4H3. The first kappa shape index (κ1) is 15.9. The van der Waals surface area contributed by atoms with Crippen LogP contribution in [0.5, 0.6) is 0 Å². The van der Waals surface area contributed by atoms with Crippen molar-refractivity contribution >= 4 is 9.84 Å². The molecule has 3 nitrogen and oxygen atoms in total. The van der Waals surface area contributed by atoms with Gasteiger partial charge in [-0.25, -0.2) is 8.42 Å². The summed E-state index contributed by atoms with van der Waals surface area (Å²) in [6.07, 6.45) is 1.51.